The molecule has 15 heavy (non-hydrogen) atoms. The predicted molar refractivity (Wildman–Crippen MR) is 55.2 cm³/mol. The fourth-order valence-corrected chi connectivity index (χ4v) is 1.26. The lowest BCUT2D eigenvalue weighted by Gasteiger charge is -2.15. The van der Waals surface area contributed by atoms with E-state index in [1.807, 2.05) is 0 Å². The molecule has 0 bridgehead atoms. The van der Waals surface area contributed by atoms with Crippen molar-refractivity contribution in [1.29, 1.82) is 0 Å². The quantitative estimate of drug-likeness (QED) is 0.674. The zero-order chi connectivity index (χ0) is 11.4. The summed E-state index contributed by atoms with van der Waals surface area (Å²) in [5, 5.41) is 18.7. The summed E-state index contributed by atoms with van der Waals surface area (Å²) in [6.45, 7) is -0.260. The Morgan fingerprint density at radius 3 is 2.47 bits per heavy atom. The highest BCUT2D eigenvalue weighted by molar-refractivity contribution is 5.52. The number of phenols is 1. The Labute approximate surface area is 88.0 Å². The highest BCUT2D eigenvalue weighted by Gasteiger charge is 2.16. The van der Waals surface area contributed by atoms with Gasteiger partial charge in [-0.3, -0.25) is 0 Å². The molecule has 0 spiro atoms. The molecule has 4 N–H and O–H groups in total. The summed E-state index contributed by atoms with van der Waals surface area (Å²) in [7, 11) is 2.93. The van der Waals surface area contributed by atoms with Crippen molar-refractivity contribution in [2.45, 2.75) is 6.04 Å². The van der Waals surface area contributed by atoms with E-state index in [-0.39, 0.29) is 18.1 Å². The second-order valence-corrected chi connectivity index (χ2v) is 3.06. The molecule has 1 aromatic carbocycles. The van der Waals surface area contributed by atoms with E-state index in [1.165, 1.54) is 14.2 Å². The van der Waals surface area contributed by atoms with E-state index in [4.69, 9.17) is 20.3 Å². The van der Waals surface area contributed by atoms with Crippen LogP contribution in [0.1, 0.15) is 11.6 Å². The lowest BCUT2D eigenvalue weighted by molar-refractivity contribution is 0.263. The number of rotatable bonds is 4. The molecule has 0 aliphatic carbocycles. The third-order valence-electron chi connectivity index (χ3n) is 2.13. The van der Waals surface area contributed by atoms with Gasteiger partial charge in [-0.05, 0) is 6.07 Å². The summed E-state index contributed by atoms with van der Waals surface area (Å²) in [6.07, 6.45) is 0. The summed E-state index contributed by atoms with van der Waals surface area (Å²) in [5.41, 5.74) is 6.02. The normalized spacial score (nSPS) is 12.3. The molecule has 5 heteroatoms. The molecule has 0 aliphatic heterocycles. The molecule has 0 heterocycles. The van der Waals surface area contributed by atoms with Gasteiger partial charge < -0.3 is 25.4 Å². The third-order valence-corrected chi connectivity index (χ3v) is 2.13. The molecule has 0 amide bonds. The molecule has 0 aromatic heterocycles. The number of hydrogen-bond acceptors (Lipinski definition) is 5. The summed E-state index contributed by atoms with van der Waals surface area (Å²) in [6, 6.07) is 2.45. The fourth-order valence-electron chi connectivity index (χ4n) is 1.26. The fraction of sp³-hybridized carbons (Fsp3) is 0.400. The minimum absolute atomic E-state index is 0.0696. The van der Waals surface area contributed by atoms with Crippen molar-refractivity contribution < 1.29 is 19.7 Å². The first-order chi connectivity index (χ1) is 7.13. The number of benzene rings is 1. The molecule has 0 aliphatic rings. The lowest BCUT2D eigenvalue weighted by atomic mass is 10.1. The second kappa shape index (κ2) is 4.86. The van der Waals surface area contributed by atoms with Crippen molar-refractivity contribution >= 4 is 0 Å². The van der Waals surface area contributed by atoms with Gasteiger partial charge in [-0.2, -0.15) is 0 Å². The van der Waals surface area contributed by atoms with Crippen LogP contribution in [-0.4, -0.2) is 31.0 Å². The van der Waals surface area contributed by atoms with Crippen molar-refractivity contribution in [3.8, 4) is 17.2 Å². The van der Waals surface area contributed by atoms with Gasteiger partial charge in [-0.15, -0.1) is 0 Å². The second-order valence-electron chi connectivity index (χ2n) is 3.06. The van der Waals surface area contributed by atoms with Crippen LogP contribution in [0.5, 0.6) is 17.2 Å². The van der Waals surface area contributed by atoms with Crippen molar-refractivity contribution in [1.82, 2.24) is 0 Å². The summed E-state index contributed by atoms with van der Waals surface area (Å²) >= 11 is 0. The average molecular weight is 213 g/mol. The van der Waals surface area contributed by atoms with Gasteiger partial charge in [0.05, 0.1) is 26.9 Å². The van der Waals surface area contributed by atoms with Crippen molar-refractivity contribution in [3.63, 3.8) is 0 Å². The number of aliphatic hydroxyl groups is 1. The molecule has 5 nitrogen and oxygen atoms in total. The molecule has 1 rings (SSSR count). The third kappa shape index (κ3) is 2.31. The van der Waals surface area contributed by atoms with Crippen LogP contribution < -0.4 is 15.2 Å². The number of methoxy groups -OCH3 is 2. The Morgan fingerprint density at radius 1 is 1.33 bits per heavy atom. The monoisotopic (exact) mass is 213 g/mol. The highest BCUT2D eigenvalue weighted by atomic mass is 16.5. The van der Waals surface area contributed by atoms with E-state index in [0.717, 1.165) is 0 Å². The van der Waals surface area contributed by atoms with Gasteiger partial charge in [0.15, 0.2) is 11.5 Å². The van der Waals surface area contributed by atoms with Gasteiger partial charge in [0, 0.05) is 11.6 Å². The van der Waals surface area contributed by atoms with E-state index in [1.54, 1.807) is 12.1 Å². The minimum Gasteiger partial charge on any atom is -0.504 e. The number of ether oxygens (including phenoxy) is 2. The van der Waals surface area contributed by atoms with Crippen LogP contribution in [0.15, 0.2) is 12.1 Å². The van der Waals surface area contributed by atoms with Crippen molar-refractivity contribution in [2.24, 2.45) is 5.73 Å². The first kappa shape index (κ1) is 11.6. The van der Waals surface area contributed by atoms with E-state index >= 15 is 0 Å². The first-order valence-corrected chi connectivity index (χ1v) is 4.45. The van der Waals surface area contributed by atoms with Crippen LogP contribution >= 0.6 is 0 Å². The Kier molecular flexibility index (Phi) is 3.76. The Bertz CT molecular complexity index is 340. The molecule has 84 valence electrons. The SMILES string of the molecule is COc1cc(OC)c(O)c([C@@H](N)CO)c1. The van der Waals surface area contributed by atoms with Gasteiger partial charge in [0.2, 0.25) is 0 Å². The number of aromatic hydroxyl groups is 1. The molecular weight excluding hydrogens is 198 g/mol. The van der Waals surface area contributed by atoms with Gasteiger partial charge in [0.25, 0.3) is 0 Å². The zero-order valence-electron chi connectivity index (χ0n) is 8.73. The summed E-state index contributed by atoms with van der Waals surface area (Å²) < 4.78 is 9.97. The summed E-state index contributed by atoms with van der Waals surface area (Å²) in [4.78, 5) is 0. The molecule has 0 saturated carbocycles. The predicted octanol–water partition coefficient (Wildman–Crippen LogP) is 0.401. The van der Waals surface area contributed by atoms with Crippen LogP contribution in [0.25, 0.3) is 0 Å². The van der Waals surface area contributed by atoms with Crippen LogP contribution in [-0.2, 0) is 0 Å². The smallest absolute Gasteiger partial charge is 0.164 e. The van der Waals surface area contributed by atoms with Gasteiger partial charge >= 0.3 is 0 Å². The molecule has 1 atom stereocenters. The average Bonchev–Trinajstić information content (AvgIpc) is 2.28. The van der Waals surface area contributed by atoms with E-state index in [2.05, 4.69) is 0 Å². The van der Waals surface area contributed by atoms with Gasteiger partial charge in [0.1, 0.15) is 5.75 Å². The minimum atomic E-state index is -0.658. The number of aliphatic hydroxyl groups excluding tert-OH is 1. The maximum absolute atomic E-state index is 9.74. The number of hydrogen-bond donors (Lipinski definition) is 3. The highest BCUT2D eigenvalue weighted by Crippen LogP contribution is 2.36. The standard InChI is InChI=1S/C10H15NO4/c1-14-6-3-7(8(11)5-12)10(13)9(4-6)15-2/h3-4,8,12-13H,5,11H2,1-2H3/t8-/m0/s1. The summed E-state index contributed by atoms with van der Waals surface area (Å²) in [5.74, 6) is 0.719. The van der Waals surface area contributed by atoms with Crippen molar-refractivity contribution in [3.05, 3.63) is 17.7 Å². The lowest BCUT2D eigenvalue weighted by Crippen LogP contribution is -2.15. The molecular formula is C10H15NO4. The largest absolute Gasteiger partial charge is 0.504 e. The molecule has 1 aromatic rings. The molecule has 0 unspecified atom stereocenters. The maximum atomic E-state index is 9.74. The number of nitrogens with two attached hydrogens (primary N) is 1. The Hall–Kier alpha value is -1.46. The van der Waals surface area contributed by atoms with E-state index in [9.17, 15) is 5.11 Å². The van der Waals surface area contributed by atoms with Crippen LogP contribution in [0.2, 0.25) is 0 Å². The molecule has 0 fully saturated rings. The Morgan fingerprint density at radius 2 is 2.00 bits per heavy atom. The Balaban J connectivity index is 3.23. The van der Waals surface area contributed by atoms with Gasteiger partial charge in [-0.25, -0.2) is 0 Å². The van der Waals surface area contributed by atoms with Crippen LogP contribution in [0.3, 0.4) is 0 Å². The van der Waals surface area contributed by atoms with E-state index < -0.39 is 6.04 Å². The van der Waals surface area contributed by atoms with Crippen LogP contribution in [0, 0.1) is 0 Å². The maximum Gasteiger partial charge on any atom is 0.164 e. The first-order valence-electron chi connectivity index (χ1n) is 4.45. The molecule has 0 radical (unpaired) electrons. The number of phenolic OH excluding ortho intramolecular Hbond substituents is 1. The molecule has 0 saturated heterocycles. The van der Waals surface area contributed by atoms with Crippen molar-refractivity contribution in [2.75, 3.05) is 20.8 Å². The zero-order valence-corrected chi connectivity index (χ0v) is 8.73. The van der Waals surface area contributed by atoms with Gasteiger partial charge in [-0.1, -0.05) is 0 Å². The van der Waals surface area contributed by atoms with E-state index in [0.29, 0.717) is 11.3 Å². The van der Waals surface area contributed by atoms with Crippen LogP contribution in [0.4, 0.5) is 0 Å². The topological polar surface area (TPSA) is 84.9 Å².